The second-order valence-electron chi connectivity index (χ2n) is 5.31. The van der Waals surface area contributed by atoms with Gasteiger partial charge in [-0.05, 0) is 50.5 Å². The molecule has 112 valence electrons. The van der Waals surface area contributed by atoms with E-state index in [-0.39, 0.29) is 5.91 Å². The largest absolute Gasteiger partial charge is 0.351 e. The maximum atomic E-state index is 12.1. The van der Waals surface area contributed by atoms with Gasteiger partial charge in [-0.3, -0.25) is 4.79 Å². The minimum absolute atomic E-state index is 0.156. The summed E-state index contributed by atoms with van der Waals surface area (Å²) in [6.45, 7) is 8.76. The zero-order valence-electron chi connectivity index (χ0n) is 13.1. The molecule has 0 spiro atoms. The fourth-order valence-corrected chi connectivity index (χ4v) is 2.10. The monoisotopic (exact) mass is 286 g/mol. The van der Waals surface area contributed by atoms with Gasteiger partial charge in [0.25, 0.3) is 5.91 Å². The summed E-state index contributed by atoms with van der Waals surface area (Å²) in [5, 5.41) is 11.0. The number of rotatable bonds is 5. The lowest BCUT2D eigenvalue weighted by Crippen LogP contribution is -2.25. The van der Waals surface area contributed by atoms with Crippen molar-refractivity contribution in [2.75, 3.05) is 6.54 Å². The molecule has 1 N–H and O–H groups in total. The maximum absolute atomic E-state index is 12.1. The van der Waals surface area contributed by atoms with Gasteiger partial charge in [-0.15, -0.1) is 5.10 Å². The van der Waals surface area contributed by atoms with E-state index in [1.165, 1.54) is 11.1 Å². The Morgan fingerprint density at radius 3 is 2.67 bits per heavy atom. The van der Waals surface area contributed by atoms with Crippen molar-refractivity contribution >= 4 is 5.91 Å². The van der Waals surface area contributed by atoms with Crippen molar-refractivity contribution in [2.45, 2.75) is 40.5 Å². The van der Waals surface area contributed by atoms with Gasteiger partial charge < -0.3 is 5.32 Å². The Hall–Kier alpha value is -2.17. The van der Waals surface area contributed by atoms with Crippen LogP contribution in [0.2, 0.25) is 0 Å². The SMILES string of the molecule is CCCCNC(=O)c1nnn(-c2ccc(C)c(C)c2)c1C. The quantitative estimate of drug-likeness (QED) is 0.860. The van der Waals surface area contributed by atoms with E-state index >= 15 is 0 Å². The molecule has 1 heterocycles. The number of nitrogens with zero attached hydrogens (tertiary/aromatic N) is 3. The standard InChI is InChI=1S/C16H22N4O/c1-5-6-9-17-16(21)15-13(4)20(19-18-15)14-8-7-11(2)12(3)10-14/h7-8,10H,5-6,9H2,1-4H3,(H,17,21). The molecule has 5 heteroatoms. The van der Waals surface area contributed by atoms with Crippen molar-refractivity contribution in [3.63, 3.8) is 0 Å². The highest BCUT2D eigenvalue weighted by molar-refractivity contribution is 5.93. The third-order valence-electron chi connectivity index (χ3n) is 3.66. The third-order valence-corrected chi connectivity index (χ3v) is 3.66. The van der Waals surface area contributed by atoms with Crippen LogP contribution in [0.4, 0.5) is 0 Å². The van der Waals surface area contributed by atoms with E-state index in [9.17, 15) is 4.79 Å². The number of carbonyl (C=O) groups is 1. The van der Waals surface area contributed by atoms with Gasteiger partial charge >= 0.3 is 0 Å². The summed E-state index contributed by atoms with van der Waals surface area (Å²) < 4.78 is 1.71. The lowest BCUT2D eigenvalue weighted by molar-refractivity contribution is 0.0947. The minimum atomic E-state index is -0.156. The topological polar surface area (TPSA) is 59.8 Å². The summed E-state index contributed by atoms with van der Waals surface area (Å²) in [5.41, 5.74) is 4.50. The smallest absolute Gasteiger partial charge is 0.273 e. The fourth-order valence-electron chi connectivity index (χ4n) is 2.10. The minimum Gasteiger partial charge on any atom is -0.351 e. The van der Waals surface area contributed by atoms with Gasteiger partial charge in [0, 0.05) is 6.54 Å². The Bertz CT molecular complexity index is 646. The molecule has 0 aliphatic heterocycles. The van der Waals surface area contributed by atoms with Crippen molar-refractivity contribution in [1.82, 2.24) is 20.3 Å². The van der Waals surface area contributed by atoms with Crippen molar-refractivity contribution < 1.29 is 4.79 Å². The van der Waals surface area contributed by atoms with E-state index < -0.39 is 0 Å². The predicted octanol–water partition coefficient (Wildman–Crippen LogP) is 2.72. The summed E-state index contributed by atoms with van der Waals surface area (Å²) >= 11 is 0. The first-order valence-corrected chi connectivity index (χ1v) is 7.32. The summed E-state index contributed by atoms with van der Waals surface area (Å²) in [7, 11) is 0. The Morgan fingerprint density at radius 2 is 2.00 bits per heavy atom. The highest BCUT2D eigenvalue weighted by atomic mass is 16.2. The molecular weight excluding hydrogens is 264 g/mol. The van der Waals surface area contributed by atoms with Crippen molar-refractivity contribution in [3.8, 4) is 5.69 Å². The molecule has 0 bridgehead atoms. The predicted molar refractivity (Wildman–Crippen MR) is 82.8 cm³/mol. The second kappa shape index (κ2) is 6.52. The van der Waals surface area contributed by atoms with Crippen LogP contribution in [0.25, 0.3) is 5.69 Å². The van der Waals surface area contributed by atoms with Gasteiger partial charge in [-0.2, -0.15) is 0 Å². The Labute approximate surface area is 125 Å². The first-order valence-electron chi connectivity index (χ1n) is 7.32. The Balaban J connectivity index is 2.23. The molecule has 0 saturated carbocycles. The fraction of sp³-hybridized carbons (Fsp3) is 0.438. The zero-order chi connectivity index (χ0) is 15.4. The van der Waals surface area contributed by atoms with E-state index in [1.807, 2.05) is 19.1 Å². The van der Waals surface area contributed by atoms with Crippen LogP contribution >= 0.6 is 0 Å². The van der Waals surface area contributed by atoms with E-state index in [2.05, 4.69) is 42.5 Å². The van der Waals surface area contributed by atoms with Crippen molar-refractivity contribution in [3.05, 3.63) is 40.7 Å². The van der Waals surface area contributed by atoms with Gasteiger partial charge in [0.15, 0.2) is 5.69 Å². The summed E-state index contributed by atoms with van der Waals surface area (Å²) in [6.07, 6.45) is 2.02. The Kier molecular flexibility index (Phi) is 4.73. The van der Waals surface area contributed by atoms with Crippen LogP contribution in [0, 0.1) is 20.8 Å². The number of unbranched alkanes of at least 4 members (excludes halogenated alkanes) is 1. The van der Waals surface area contributed by atoms with E-state index in [1.54, 1.807) is 4.68 Å². The molecule has 1 amide bonds. The number of hydrogen-bond donors (Lipinski definition) is 1. The third kappa shape index (κ3) is 3.29. The molecule has 1 aromatic heterocycles. The second-order valence-corrected chi connectivity index (χ2v) is 5.31. The van der Waals surface area contributed by atoms with E-state index in [4.69, 9.17) is 0 Å². The normalized spacial score (nSPS) is 10.7. The number of aryl methyl sites for hydroxylation is 2. The van der Waals surface area contributed by atoms with Crippen LogP contribution in [0.3, 0.4) is 0 Å². The van der Waals surface area contributed by atoms with Gasteiger partial charge in [-0.25, -0.2) is 4.68 Å². The molecule has 0 aliphatic rings. The van der Waals surface area contributed by atoms with Crippen molar-refractivity contribution in [1.29, 1.82) is 0 Å². The molecule has 0 fully saturated rings. The lowest BCUT2D eigenvalue weighted by Gasteiger charge is -2.07. The molecule has 0 unspecified atom stereocenters. The number of nitrogens with one attached hydrogen (secondary N) is 1. The first-order chi connectivity index (χ1) is 10.0. The molecule has 1 aromatic carbocycles. The number of hydrogen-bond acceptors (Lipinski definition) is 3. The average Bonchev–Trinajstić information content (AvgIpc) is 2.84. The van der Waals surface area contributed by atoms with Crippen LogP contribution in [0.1, 0.15) is 47.1 Å². The zero-order valence-corrected chi connectivity index (χ0v) is 13.1. The summed E-state index contributed by atoms with van der Waals surface area (Å²) in [4.78, 5) is 12.1. The van der Waals surface area contributed by atoms with Gasteiger partial charge in [0.05, 0.1) is 11.4 Å². The molecule has 0 atom stereocenters. The highest BCUT2D eigenvalue weighted by Crippen LogP contribution is 2.16. The number of aromatic nitrogens is 3. The van der Waals surface area contributed by atoms with Crippen LogP contribution in [0.15, 0.2) is 18.2 Å². The Morgan fingerprint density at radius 1 is 1.24 bits per heavy atom. The first kappa shape index (κ1) is 15.2. The molecule has 2 aromatic rings. The van der Waals surface area contributed by atoms with E-state index in [0.29, 0.717) is 12.2 Å². The highest BCUT2D eigenvalue weighted by Gasteiger charge is 2.16. The molecule has 2 rings (SSSR count). The summed E-state index contributed by atoms with van der Waals surface area (Å²) in [5.74, 6) is -0.156. The van der Waals surface area contributed by atoms with Crippen LogP contribution < -0.4 is 5.32 Å². The molecule has 0 radical (unpaired) electrons. The molecular formula is C16H22N4O. The van der Waals surface area contributed by atoms with Crippen molar-refractivity contribution in [2.24, 2.45) is 0 Å². The maximum Gasteiger partial charge on any atom is 0.273 e. The van der Waals surface area contributed by atoms with Gasteiger partial charge in [-0.1, -0.05) is 24.6 Å². The van der Waals surface area contributed by atoms with Crippen LogP contribution in [-0.4, -0.2) is 27.4 Å². The number of amides is 1. The van der Waals surface area contributed by atoms with Crippen LogP contribution in [0.5, 0.6) is 0 Å². The summed E-state index contributed by atoms with van der Waals surface area (Å²) in [6, 6.07) is 6.09. The lowest BCUT2D eigenvalue weighted by atomic mass is 10.1. The van der Waals surface area contributed by atoms with E-state index in [0.717, 1.165) is 24.2 Å². The number of carbonyl (C=O) groups excluding carboxylic acids is 1. The van der Waals surface area contributed by atoms with Gasteiger partial charge in [0.1, 0.15) is 0 Å². The van der Waals surface area contributed by atoms with Crippen LogP contribution in [-0.2, 0) is 0 Å². The molecule has 0 saturated heterocycles. The van der Waals surface area contributed by atoms with Gasteiger partial charge in [0.2, 0.25) is 0 Å². The average molecular weight is 286 g/mol. The number of benzene rings is 1. The molecule has 0 aliphatic carbocycles. The molecule has 21 heavy (non-hydrogen) atoms. The molecule has 5 nitrogen and oxygen atoms in total.